The Hall–Kier alpha value is -1.22. The summed E-state index contributed by atoms with van der Waals surface area (Å²) in [4.78, 5) is 0. The zero-order valence-corrected chi connectivity index (χ0v) is 13.7. The Morgan fingerprint density at radius 1 is 1.05 bits per heavy atom. The van der Waals surface area contributed by atoms with Gasteiger partial charge in [0.15, 0.2) is 0 Å². The second kappa shape index (κ2) is 7.17. The molecule has 2 aromatic rings. The minimum Gasteiger partial charge on any atom is -0.492 e. The number of rotatable bonds is 5. The topological polar surface area (TPSA) is 35.2 Å². The van der Waals surface area contributed by atoms with E-state index in [1.54, 1.807) is 12.1 Å². The largest absolute Gasteiger partial charge is 0.492 e. The molecule has 2 rings (SSSR count). The first kappa shape index (κ1) is 16.2. The Bertz CT molecular complexity index is 611. The van der Waals surface area contributed by atoms with Gasteiger partial charge < -0.3 is 10.5 Å². The molecule has 0 spiro atoms. The van der Waals surface area contributed by atoms with Crippen LogP contribution in [0.4, 0.5) is 0 Å². The van der Waals surface area contributed by atoms with Crippen LogP contribution < -0.4 is 10.5 Å². The maximum absolute atomic E-state index is 6.32. The quantitative estimate of drug-likeness (QED) is 0.840. The maximum atomic E-state index is 6.32. The molecule has 112 valence electrons. The Morgan fingerprint density at radius 3 is 2.29 bits per heavy atom. The van der Waals surface area contributed by atoms with Gasteiger partial charge in [-0.2, -0.15) is 0 Å². The molecule has 0 radical (unpaired) electrons. The van der Waals surface area contributed by atoms with Gasteiger partial charge in [0, 0.05) is 11.1 Å². The molecule has 0 aliphatic rings. The lowest BCUT2D eigenvalue weighted by molar-refractivity contribution is 0.340. The molecule has 0 aliphatic heterocycles. The highest BCUT2D eigenvalue weighted by molar-refractivity contribution is 6.34. The molecular weight excluding hydrogens is 305 g/mol. The van der Waals surface area contributed by atoms with Crippen molar-refractivity contribution in [2.75, 3.05) is 6.61 Å². The molecule has 0 aliphatic carbocycles. The molecule has 1 atom stereocenters. The molecule has 0 amide bonds. The Morgan fingerprint density at radius 2 is 1.71 bits per heavy atom. The number of aryl methyl sites for hydroxylation is 1. The fourth-order valence-corrected chi connectivity index (χ4v) is 2.69. The average molecular weight is 324 g/mol. The minimum atomic E-state index is -0.309. The Kier molecular flexibility index (Phi) is 5.51. The first-order valence-electron chi connectivity index (χ1n) is 7.03. The fraction of sp³-hybridized carbons (Fsp3) is 0.294. The average Bonchev–Trinajstić information content (AvgIpc) is 2.50. The third kappa shape index (κ3) is 3.70. The van der Waals surface area contributed by atoms with Crippen molar-refractivity contribution in [1.29, 1.82) is 0 Å². The third-order valence-corrected chi connectivity index (χ3v) is 4.06. The van der Waals surface area contributed by atoms with Crippen LogP contribution in [0.1, 0.15) is 36.6 Å². The van der Waals surface area contributed by atoms with E-state index in [9.17, 15) is 0 Å². The van der Waals surface area contributed by atoms with E-state index in [1.165, 1.54) is 5.56 Å². The first-order chi connectivity index (χ1) is 10.1. The van der Waals surface area contributed by atoms with Crippen LogP contribution >= 0.6 is 23.2 Å². The van der Waals surface area contributed by atoms with Crippen molar-refractivity contribution in [3.8, 4) is 5.75 Å². The lowest BCUT2D eigenvalue weighted by Crippen LogP contribution is -2.12. The number of ether oxygens (including phenoxy) is 1. The van der Waals surface area contributed by atoms with Gasteiger partial charge in [-0.3, -0.25) is 0 Å². The summed E-state index contributed by atoms with van der Waals surface area (Å²) in [6, 6.07) is 11.4. The normalized spacial score (nSPS) is 12.2. The predicted octanol–water partition coefficient (Wildman–Crippen LogP) is 5.00. The number of hydrogen-bond acceptors (Lipinski definition) is 2. The van der Waals surface area contributed by atoms with Crippen LogP contribution in [-0.2, 0) is 6.42 Å². The summed E-state index contributed by atoms with van der Waals surface area (Å²) in [5.74, 6) is 0.585. The van der Waals surface area contributed by atoms with Gasteiger partial charge in [0.1, 0.15) is 5.75 Å². The van der Waals surface area contributed by atoms with Gasteiger partial charge >= 0.3 is 0 Å². The van der Waals surface area contributed by atoms with Crippen LogP contribution in [0.5, 0.6) is 5.75 Å². The molecule has 1 unspecified atom stereocenters. The summed E-state index contributed by atoms with van der Waals surface area (Å²) in [6.45, 7) is 4.57. The molecule has 2 nitrogen and oxygen atoms in total. The summed E-state index contributed by atoms with van der Waals surface area (Å²) in [5.41, 5.74) is 9.41. The fourth-order valence-electron chi connectivity index (χ4n) is 2.19. The van der Waals surface area contributed by atoms with Crippen molar-refractivity contribution in [1.82, 2.24) is 0 Å². The third-order valence-electron chi connectivity index (χ3n) is 3.43. The van der Waals surface area contributed by atoms with Crippen LogP contribution in [0.25, 0.3) is 0 Å². The van der Waals surface area contributed by atoms with Gasteiger partial charge in [-0.15, -0.1) is 0 Å². The summed E-state index contributed by atoms with van der Waals surface area (Å²) >= 11 is 12.5. The monoisotopic (exact) mass is 323 g/mol. The van der Waals surface area contributed by atoms with Crippen LogP contribution in [0.3, 0.4) is 0 Å². The van der Waals surface area contributed by atoms with E-state index in [4.69, 9.17) is 33.7 Å². The molecule has 0 saturated heterocycles. The van der Waals surface area contributed by atoms with Crippen molar-refractivity contribution in [3.63, 3.8) is 0 Å². The van der Waals surface area contributed by atoms with E-state index in [-0.39, 0.29) is 6.04 Å². The number of hydrogen-bond donors (Lipinski definition) is 1. The first-order valence-corrected chi connectivity index (χ1v) is 7.78. The smallest absolute Gasteiger partial charge is 0.139 e. The summed E-state index contributed by atoms with van der Waals surface area (Å²) in [7, 11) is 0. The van der Waals surface area contributed by atoms with Gasteiger partial charge in [0.05, 0.1) is 17.7 Å². The lowest BCUT2D eigenvalue weighted by atomic mass is 9.98. The van der Waals surface area contributed by atoms with E-state index in [0.29, 0.717) is 22.4 Å². The van der Waals surface area contributed by atoms with Crippen molar-refractivity contribution in [2.24, 2.45) is 5.73 Å². The summed E-state index contributed by atoms with van der Waals surface area (Å²) < 4.78 is 5.43. The van der Waals surface area contributed by atoms with Crippen LogP contribution in [-0.4, -0.2) is 6.61 Å². The molecule has 4 heteroatoms. The van der Waals surface area contributed by atoms with Gasteiger partial charge in [0.2, 0.25) is 0 Å². The molecule has 21 heavy (non-hydrogen) atoms. The van der Waals surface area contributed by atoms with Gasteiger partial charge in [0.25, 0.3) is 0 Å². The van der Waals surface area contributed by atoms with Crippen LogP contribution in [0, 0.1) is 0 Å². The Balaban J connectivity index is 2.33. The van der Waals surface area contributed by atoms with Gasteiger partial charge in [-0.05, 0) is 36.1 Å². The van der Waals surface area contributed by atoms with E-state index in [0.717, 1.165) is 17.5 Å². The van der Waals surface area contributed by atoms with Crippen LogP contribution in [0.2, 0.25) is 10.0 Å². The van der Waals surface area contributed by atoms with Gasteiger partial charge in [-0.25, -0.2) is 0 Å². The summed E-state index contributed by atoms with van der Waals surface area (Å²) in [6.07, 6.45) is 1.01. The standard InChI is InChI=1S/C17H19Cl2NO/c1-3-11-5-7-12(8-6-11)17(20)13-9-15(19)16(21-4-2)10-14(13)18/h5-10,17H,3-4,20H2,1-2H3. The van der Waals surface area contributed by atoms with Crippen molar-refractivity contribution in [3.05, 3.63) is 63.1 Å². The number of benzene rings is 2. The molecule has 0 aromatic heterocycles. The lowest BCUT2D eigenvalue weighted by Gasteiger charge is -2.17. The molecule has 2 aromatic carbocycles. The van der Waals surface area contributed by atoms with Crippen molar-refractivity contribution >= 4 is 23.2 Å². The second-order valence-corrected chi connectivity index (χ2v) is 5.62. The molecule has 0 heterocycles. The van der Waals surface area contributed by atoms with E-state index in [2.05, 4.69) is 19.1 Å². The van der Waals surface area contributed by atoms with E-state index in [1.807, 2.05) is 19.1 Å². The molecular formula is C17H19Cl2NO. The zero-order valence-electron chi connectivity index (χ0n) is 12.2. The molecule has 0 saturated carbocycles. The van der Waals surface area contributed by atoms with Crippen LogP contribution in [0.15, 0.2) is 36.4 Å². The van der Waals surface area contributed by atoms with E-state index < -0.39 is 0 Å². The second-order valence-electron chi connectivity index (χ2n) is 4.81. The number of halogens is 2. The maximum Gasteiger partial charge on any atom is 0.139 e. The molecule has 0 fully saturated rings. The highest BCUT2D eigenvalue weighted by Crippen LogP contribution is 2.35. The van der Waals surface area contributed by atoms with Crippen molar-refractivity contribution in [2.45, 2.75) is 26.3 Å². The predicted molar refractivity (Wildman–Crippen MR) is 89.5 cm³/mol. The molecule has 0 bridgehead atoms. The molecule has 2 N–H and O–H groups in total. The Labute approximate surface area is 135 Å². The highest BCUT2D eigenvalue weighted by atomic mass is 35.5. The van der Waals surface area contributed by atoms with E-state index >= 15 is 0 Å². The summed E-state index contributed by atoms with van der Waals surface area (Å²) in [5, 5.41) is 1.09. The zero-order chi connectivity index (χ0) is 15.4. The minimum absolute atomic E-state index is 0.309. The van der Waals surface area contributed by atoms with Crippen molar-refractivity contribution < 1.29 is 4.74 Å². The number of nitrogens with two attached hydrogens (primary N) is 1. The SMILES string of the molecule is CCOc1cc(Cl)c(C(N)c2ccc(CC)cc2)cc1Cl. The van der Waals surface area contributed by atoms with Gasteiger partial charge in [-0.1, -0.05) is 54.4 Å². The highest BCUT2D eigenvalue weighted by Gasteiger charge is 2.16.